The minimum atomic E-state index is 0.610. The maximum absolute atomic E-state index is 5.24. The number of hydrogen-bond acceptors (Lipinski definition) is 3. The number of nitrogens with zero attached hydrogens (tertiary/aromatic N) is 4. The zero-order valence-corrected chi connectivity index (χ0v) is 30.3. The highest BCUT2D eigenvalue weighted by atomic mass is 15.1. The molecule has 11 aromatic rings. The summed E-state index contributed by atoms with van der Waals surface area (Å²) in [5.41, 5.74) is 12.9. The van der Waals surface area contributed by atoms with Gasteiger partial charge >= 0.3 is 0 Å². The molecular weight excluding hydrogens is 683 g/mol. The molecule has 0 aliphatic heterocycles. The molecule has 0 saturated heterocycles. The fraction of sp³-hybridized carbons (Fsp3) is 0. The fourth-order valence-electron chi connectivity index (χ4n) is 8.14. The SMILES string of the molecule is c1ccc(-c2cccc(-c3ccc(-c4nc(-c5ccccc5)nc(-c5ccccc5-n5c6ccccc6c6ccc7c8ccccc8[nH]c7c65)n4)cc3)c2)cc1. The molecule has 0 saturated carbocycles. The number of nitrogens with one attached hydrogen (secondary N) is 1. The molecule has 0 unspecified atom stereocenters. The van der Waals surface area contributed by atoms with Crippen molar-refractivity contribution in [2.24, 2.45) is 0 Å². The zero-order chi connectivity index (χ0) is 37.0. The van der Waals surface area contributed by atoms with Crippen LogP contribution in [0.5, 0.6) is 0 Å². The number of fused-ring (bicyclic) bond motifs is 7. The van der Waals surface area contributed by atoms with Gasteiger partial charge in [-0.05, 0) is 52.6 Å². The van der Waals surface area contributed by atoms with Crippen molar-refractivity contribution in [3.63, 3.8) is 0 Å². The third kappa shape index (κ3) is 5.29. The van der Waals surface area contributed by atoms with Crippen LogP contribution in [-0.2, 0) is 0 Å². The van der Waals surface area contributed by atoms with E-state index in [9.17, 15) is 0 Å². The van der Waals surface area contributed by atoms with Crippen molar-refractivity contribution < 1.29 is 0 Å². The number of aromatic nitrogens is 5. The molecule has 0 aliphatic carbocycles. The lowest BCUT2D eigenvalue weighted by atomic mass is 9.98. The molecule has 5 heteroatoms. The maximum atomic E-state index is 5.24. The lowest BCUT2D eigenvalue weighted by Gasteiger charge is -2.15. The standard InChI is InChI=1S/C51H33N5/c1-3-14-33(15-4-1)37-18-13-19-38(32-37)34-26-28-36(29-27-34)50-53-49(35-16-5-2-6-17-35)54-51(55-50)43-22-9-12-25-46(43)56-45-24-11-8-21-40(45)42-31-30-41-39-20-7-10-23-44(39)52-47(41)48(42)56/h1-32,52H. The highest BCUT2D eigenvalue weighted by molar-refractivity contribution is 6.22. The molecule has 0 amide bonds. The van der Waals surface area contributed by atoms with Crippen molar-refractivity contribution in [2.45, 2.75) is 0 Å². The molecule has 0 fully saturated rings. The summed E-state index contributed by atoms with van der Waals surface area (Å²) in [6, 6.07) is 68.0. The van der Waals surface area contributed by atoms with E-state index in [1.165, 1.54) is 32.7 Å². The Labute approximate surface area is 323 Å². The van der Waals surface area contributed by atoms with Crippen LogP contribution in [0.25, 0.3) is 106 Å². The first-order valence-electron chi connectivity index (χ1n) is 18.9. The summed E-state index contributed by atoms with van der Waals surface area (Å²) in [5, 5.41) is 4.77. The van der Waals surface area contributed by atoms with Gasteiger partial charge in [0.2, 0.25) is 0 Å². The topological polar surface area (TPSA) is 59.4 Å². The van der Waals surface area contributed by atoms with Gasteiger partial charge in [-0.1, -0.05) is 164 Å². The van der Waals surface area contributed by atoms with Crippen LogP contribution in [0.3, 0.4) is 0 Å². The predicted molar refractivity (Wildman–Crippen MR) is 231 cm³/mol. The van der Waals surface area contributed by atoms with Crippen LogP contribution < -0.4 is 0 Å². The van der Waals surface area contributed by atoms with Gasteiger partial charge in [0, 0.05) is 43.8 Å². The van der Waals surface area contributed by atoms with Crippen molar-refractivity contribution in [1.29, 1.82) is 0 Å². The lowest BCUT2D eigenvalue weighted by Crippen LogP contribution is -2.03. The van der Waals surface area contributed by atoms with Crippen LogP contribution in [0, 0.1) is 0 Å². The number of para-hydroxylation sites is 3. The van der Waals surface area contributed by atoms with Crippen molar-refractivity contribution in [3.05, 3.63) is 194 Å². The van der Waals surface area contributed by atoms with Gasteiger partial charge in [0.15, 0.2) is 17.5 Å². The van der Waals surface area contributed by atoms with E-state index in [2.05, 4.69) is 179 Å². The molecule has 3 heterocycles. The molecule has 0 radical (unpaired) electrons. The zero-order valence-electron chi connectivity index (χ0n) is 30.3. The second kappa shape index (κ2) is 13.0. The predicted octanol–water partition coefficient (Wildman–Crippen LogP) is 12.9. The Hall–Kier alpha value is -7.63. The molecule has 0 spiro atoms. The van der Waals surface area contributed by atoms with Crippen molar-refractivity contribution in [3.8, 4) is 62.1 Å². The van der Waals surface area contributed by atoms with Gasteiger partial charge in [0.25, 0.3) is 0 Å². The van der Waals surface area contributed by atoms with Gasteiger partial charge in [-0.25, -0.2) is 15.0 Å². The van der Waals surface area contributed by atoms with E-state index in [-0.39, 0.29) is 0 Å². The largest absolute Gasteiger partial charge is 0.353 e. The van der Waals surface area contributed by atoms with Crippen LogP contribution >= 0.6 is 0 Å². The normalized spacial score (nSPS) is 11.6. The van der Waals surface area contributed by atoms with E-state index < -0.39 is 0 Å². The van der Waals surface area contributed by atoms with Gasteiger partial charge < -0.3 is 9.55 Å². The summed E-state index contributed by atoms with van der Waals surface area (Å²) in [4.78, 5) is 19.3. The minimum absolute atomic E-state index is 0.610. The van der Waals surface area contributed by atoms with E-state index in [1.54, 1.807) is 0 Å². The highest BCUT2D eigenvalue weighted by Gasteiger charge is 2.21. The molecule has 5 nitrogen and oxygen atoms in total. The number of hydrogen-bond donors (Lipinski definition) is 1. The molecule has 8 aromatic carbocycles. The summed E-state index contributed by atoms with van der Waals surface area (Å²) in [6.07, 6.45) is 0. The Kier molecular flexibility index (Phi) is 7.42. The Balaban J connectivity index is 1.09. The van der Waals surface area contributed by atoms with Gasteiger partial charge in [0.05, 0.1) is 22.2 Å². The van der Waals surface area contributed by atoms with Gasteiger partial charge in [0.1, 0.15) is 0 Å². The quantitative estimate of drug-likeness (QED) is 0.186. The monoisotopic (exact) mass is 715 g/mol. The summed E-state index contributed by atoms with van der Waals surface area (Å²) < 4.78 is 2.38. The molecular formula is C51H33N5. The molecule has 56 heavy (non-hydrogen) atoms. The maximum Gasteiger partial charge on any atom is 0.166 e. The van der Waals surface area contributed by atoms with Crippen LogP contribution in [-0.4, -0.2) is 24.5 Å². The van der Waals surface area contributed by atoms with Crippen molar-refractivity contribution in [2.75, 3.05) is 0 Å². The van der Waals surface area contributed by atoms with Crippen LogP contribution in [0.4, 0.5) is 0 Å². The van der Waals surface area contributed by atoms with E-state index in [0.717, 1.165) is 55.6 Å². The van der Waals surface area contributed by atoms with Crippen molar-refractivity contribution >= 4 is 43.6 Å². The van der Waals surface area contributed by atoms with Crippen LogP contribution in [0.2, 0.25) is 0 Å². The summed E-state index contributed by atoms with van der Waals surface area (Å²) in [6.45, 7) is 0. The first-order valence-corrected chi connectivity index (χ1v) is 18.9. The first kappa shape index (κ1) is 31.9. The van der Waals surface area contributed by atoms with Crippen molar-refractivity contribution in [1.82, 2.24) is 24.5 Å². The molecule has 11 rings (SSSR count). The van der Waals surface area contributed by atoms with Gasteiger partial charge in [-0.15, -0.1) is 0 Å². The highest BCUT2D eigenvalue weighted by Crippen LogP contribution is 2.41. The van der Waals surface area contributed by atoms with Gasteiger partial charge in [-0.2, -0.15) is 0 Å². The van der Waals surface area contributed by atoms with E-state index in [0.29, 0.717) is 17.5 Å². The number of H-pyrrole nitrogens is 1. The average molecular weight is 716 g/mol. The Bertz CT molecular complexity index is 3230. The number of rotatable bonds is 6. The minimum Gasteiger partial charge on any atom is -0.353 e. The Morgan fingerprint density at radius 3 is 1.66 bits per heavy atom. The van der Waals surface area contributed by atoms with E-state index >= 15 is 0 Å². The lowest BCUT2D eigenvalue weighted by molar-refractivity contribution is 1.06. The average Bonchev–Trinajstić information content (AvgIpc) is 3.83. The summed E-state index contributed by atoms with van der Waals surface area (Å²) in [7, 11) is 0. The molecule has 0 bridgehead atoms. The molecule has 1 N–H and O–H groups in total. The molecule has 262 valence electrons. The second-order valence-corrected chi connectivity index (χ2v) is 14.1. The van der Waals surface area contributed by atoms with E-state index in [4.69, 9.17) is 15.0 Å². The first-order chi connectivity index (χ1) is 27.8. The summed E-state index contributed by atoms with van der Waals surface area (Å²) in [5.74, 6) is 1.85. The molecule has 0 aliphatic rings. The third-order valence-electron chi connectivity index (χ3n) is 10.8. The number of benzene rings is 8. The smallest absolute Gasteiger partial charge is 0.166 e. The number of aromatic amines is 1. The fourth-order valence-corrected chi connectivity index (χ4v) is 8.14. The van der Waals surface area contributed by atoms with E-state index in [1.807, 2.05) is 24.3 Å². The van der Waals surface area contributed by atoms with Crippen LogP contribution in [0.1, 0.15) is 0 Å². The third-order valence-corrected chi connectivity index (χ3v) is 10.8. The molecule has 0 atom stereocenters. The van der Waals surface area contributed by atoms with Gasteiger partial charge in [-0.3, -0.25) is 0 Å². The second-order valence-electron chi connectivity index (χ2n) is 14.1. The Morgan fingerprint density at radius 2 is 0.893 bits per heavy atom. The van der Waals surface area contributed by atoms with Crippen LogP contribution in [0.15, 0.2) is 194 Å². The summed E-state index contributed by atoms with van der Waals surface area (Å²) >= 11 is 0. The Morgan fingerprint density at radius 1 is 0.357 bits per heavy atom. The molecule has 3 aromatic heterocycles.